The molecule has 0 saturated heterocycles. The van der Waals surface area contributed by atoms with Gasteiger partial charge in [0.05, 0.1) is 5.75 Å². The Morgan fingerprint density at radius 3 is 2.47 bits per heavy atom. The Morgan fingerprint density at radius 1 is 1.32 bits per heavy atom. The first-order chi connectivity index (χ1) is 9.06. The molecule has 0 heterocycles. The Balaban J connectivity index is 2.40. The predicted molar refractivity (Wildman–Crippen MR) is 77.1 cm³/mol. The van der Waals surface area contributed by atoms with Crippen molar-refractivity contribution in [3.05, 3.63) is 35.9 Å². The average molecular weight is 281 g/mol. The molecule has 0 aliphatic heterocycles. The second kappa shape index (κ2) is 7.84. The fraction of sp³-hybridized carbons (Fsp3) is 0.429. The topological polar surface area (TPSA) is 57.6 Å². The zero-order valence-electron chi connectivity index (χ0n) is 11.2. The second-order valence-electron chi connectivity index (χ2n) is 4.25. The number of carbonyl (C=O) groups excluding carboxylic acids is 1. The molecule has 1 atom stereocenters. The highest BCUT2D eigenvalue weighted by atomic mass is 32.2. The minimum absolute atomic E-state index is 0.143. The molecule has 4 nitrogen and oxygen atoms in total. The van der Waals surface area contributed by atoms with E-state index >= 15 is 0 Å². The molecule has 0 fully saturated rings. The van der Waals surface area contributed by atoms with Crippen LogP contribution in [-0.2, 0) is 15.3 Å². The van der Waals surface area contributed by atoms with Crippen molar-refractivity contribution in [1.29, 1.82) is 0 Å². The standard InChI is InChI=1S/C14H19NO3S/c1-3-12(14(17)18)15(2)13(16)10-19-9-11-7-5-4-6-8-11/h4-8,12H,3,9-10H2,1-2H3,(H,17,18). The molecule has 1 amide bonds. The summed E-state index contributed by atoms with van der Waals surface area (Å²) in [4.78, 5) is 24.2. The van der Waals surface area contributed by atoms with Crippen LogP contribution >= 0.6 is 11.8 Å². The number of aliphatic carboxylic acids is 1. The van der Waals surface area contributed by atoms with Gasteiger partial charge in [-0.2, -0.15) is 0 Å². The minimum atomic E-state index is -0.952. The van der Waals surface area contributed by atoms with Gasteiger partial charge >= 0.3 is 5.97 Å². The van der Waals surface area contributed by atoms with Crippen LogP contribution in [0.15, 0.2) is 30.3 Å². The largest absolute Gasteiger partial charge is 0.480 e. The number of thioether (sulfide) groups is 1. The zero-order chi connectivity index (χ0) is 14.3. The summed E-state index contributed by atoms with van der Waals surface area (Å²) in [6.45, 7) is 1.76. The van der Waals surface area contributed by atoms with Crippen molar-refractivity contribution < 1.29 is 14.7 Å². The van der Waals surface area contributed by atoms with Crippen molar-refractivity contribution in [3.63, 3.8) is 0 Å². The van der Waals surface area contributed by atoms with E-state index in [0.29, 0.717) is 12.2 Å². The maximum absolute atomic E-state index is 11.9. The van der Waals surface area contributed by atoms with E-state index in [1.54, 1.807) is 14.0 Å². The Labute approximate surface area is 117 Å². The molecule has 104 valence electrons. The summed E-state index contributed by atoms with van der Waals surface area (Å²) in [5.41, 5.74) is 1.16. The highest BCUT2D eigenvalue weighted by molar-refractivity contribution is 7.99. The summed E-state index contributed by atoms with van der Waals surface area (Å²) in [7, 11) is 1.55. The average Bonchev–Trinajstić information content (AvgIpc) is 2.40. The number of rotatable bonds is 7. The molecule has 1 aromatic rings. The Morgan fingerprint density at radius 2 is 1.95 bits per heavy atom. The van der Waals surface area contributed by atoms with E-state index in [4.69, 9.17) is 5.11 Å². The molecular formula is C14H19NO3S. The van der Waals surface area contributed by atoms with Crippen LogP contribution in [0, 0.1) is 0 Å². The number of carboxylic acid groups (broad SMARTS) is 1. The molecule has 1 N–H and O–H groups in total. The predicted octanol–water partition coefficient (Wildman–Crippen LogP) is 2.24. The summed E-state index contributed by atoms with van der Waals surface area (Å²) in [5, 5.41) is 9.00. The van der Waals surface area contributed by atoms with Crippen LogP contribution < -0.4 is 0 Å². The van der Waals surface area contributed by atoms with Crippen LogP contribution in [0.4, 0.5) is 0 Å². The van der Waals surface area contributed by atoms with Crippen LogP contribution in [0.3, 0.4) is 0 Å². The summed E-state index contributed by atoms with van der Waals surface area (Å²) in [5.74, 6) is -0.0407. The molecule has 1 aromatic carbocycles. The third-order valence-electron chi connectivity index (χ3n) is 2.87. The van der Waals surface area contributed by atoms with Gasteiger partial charge in [-0.25, -0.2) is 4.79 Å². The molecular weight excluding hydrogens is 262 g/mol. The Bertz CT molecular complexity index is 422. The summed E-state index contributed by atoms with van der Waals surface area (Å²) in [6.07, 6.45) is 0.418. The van der Waals surface area contributed by atoms with E-state index in [0.717, 1.165) is 11.3 Å². The first kappa shape index (κ1) is 15.6. The van der Waals surface area contributed by atoms with E-state index in [1.165, 1.54) is 16.7 Å². The SMILES string of the molecule is CCC(C(=O)O)N(C)C(=O)CSCc1ccccc1. The van der Waals surface area contributed by atoms with Gasteiger partial charge in [0.25, 0.3) is 0 Å². The first-order valence-corrected chi connectivity index (χ1v) is 7.31. The fourth-order valence-corrected chi connectivity index (χ4v) is 2.63. The number of benzene rings is 1. The van der Waals surface area contributed by atoms with E-state index in [9.17, 15) is 9.59 Å². The molecule has 0 aliphatic rings. The highest BCUT2D eigenvalue weighted by Crippen LogP contribution is 2.13. The van der Waals surface area contributed by atoms with Crippen LogP contribution in [0.25, 0.3) is 0 Å². The van der Waals surface area contributed by atoms with Crippen LogP contribution in [0.2, 0.25) is 0 Å². The number of nitrogens with zero attached hydrogens (tertiary/aromatic N) is 1. The van der Waals surface area contributed by atoms with Crippen molar-refractivity contribution in [2.45, 2.75) is 25.1 Å². The molecule has 19 heavy (non-hydrogen) atoms. The number of hydrogen-bond acceptors (Lipinski definition) is 3. The van der Waals surface area contributed by atoms with E-state index in [1.807, 2.05) is 30.3 Å². The molecule has 5 heteroatoms. The molecule has 0 aromatic heterocycles. The van der Waals surface area contributed by atoms with Crippen molar-refractivity contribution in [1.82, 2.24) is 4.90 Å². The van der Waals surface area contributed by atoms with Crippen LogP contribution in [0.1, 0.15) is 18.9 Å². The van der Waals surface area contributed by atoms with Crippen molar-refractivity contribution in [2.75, 3.05) is 12.8 Å². The molecule has 1 unspecified atom stereocenters. The molecule has 1 rings (SSSR count). The van der Waals surface area contributed by atoms with Gasteiger partial charge in [-0.05, 0) is 12.0 Å². The Kier molecular flexibility index (Phi) is 6.42. The Hall–Kier alpha value is -1.49. The highest BCUT2D eigenvalue weighted by Gasteiger charge is 2.24. The van der Waals surface area contributed by atoms with Crippen molar-refractivity contribution in [3.8, 4) is 0 Å². The fourth-order valence-electron chi connectivity index (χ4n) is 1.72. The lowest BCUT2D eigenvalue weighted by atomic mass is 10.2. The van der Waals surface area contributed by atoms with Gasteiger partial charge in [0.15, 0.2) is 0 Å². The normalized spacial score (nSPS) is 11.9. The van der Waals surface area contributed by atoms with Crippen LogP contribution in [-0.4, -0.2) is 40.7 Å². The smallest absolute Gasteiger partial charge is 0.326 e. The van der Waals surface area contributed by atoms with E-state index in [2.05, 4.69) is 0 Å². The van der Waals surface area contributed by atoms with Gasteiger partial charge in [-0.3, -0.25) is 4.79 Å². The lowest BCUT2D eigenvalue weighted by Crippen LogP contribution is -2.42. The van der Waals surface area contributed by atoms with Gasteiger partial charge < -0.3 is 10.0 Å². The lowest BCUT2D eigenvalue weighted by Gasteiger charge is -2.23. The van der Waals surface area contributed by atoms with E-state index < -0.39 is 12.0 Å². The van der Waals surface area contributed by atoms with Gasteiger partial charge in [0.2, 0.25) is 5.91 Å². The zero-order valence-corrected chi connectivity index (χ0v) is 12.0. The van der Waals surface area contributed by atoms with Crippen molar-refractivity contribution >= 4 is 23.6 Å². The number of hydrogen-bond donors (Lipinski definition) is 1. The molecule has 0 radical (unpaired) electrons. The van der Waals surface area contributed by atoms with Crippen LogP contribution in [0.5, 0.6) is 0 Å². The summed E-state index contributed by atoms with van der Waals surface area (Å²) >= 11 is 1.50. The number of carbonyl (C=O) groups is 2. The third-order valence-corrected chi connectivity index (χ3v) is 3.86. The molecule has 0 saturated carbocycles. The number of carboxylic acids is 1. The number of likely N-dealkylation sites (N-methyl/N-ethyl adjacent to an activating group) is 1. The monoisotopic (exact) mass is 281 g/mol. The maximum Gasteiger partial charge on any atom is 0.326 e. The maximum atomic E-state index is 11.9. The third kappa shape index (κ3) is 4.95. The van der Waals surface area contributed by atoms with Gasteiger partial charge in [-0.1, -0.05) is 37.3 Å². The van der Waals surface area contributed by atoms with E-state index in [-0.39, 0.29) is 5.91 Å². The number of amides is 1. The first-order valence-electron chi connectivity index (χ1n) is 6.16. The summed E-state index contributed by atoms with van der Waals surface area (Å²) in [6, 6.07) is 9.15. The molecule has 0 spiro atoms. The van der Waals surface area contributed by atoms with Gasteiger partial charge in [0.1, 0.15) is 6.04 Å². The van der Waals surface area contributed by atoms with Crippen molar-refractivity contribution in [2.24, 2.45) is 0 Å². The summed E-state index contributed by atoms with van der Waals surface area (Å²) < 4.78 is 0. The molecule has 0 aliphatic carbocycles. The van der Waals surface area contributed by atoms with Gasteiger partial charge in [0, 0.05) is 12.8 Å². The quantitative estimate of drug-likeness (QED) is 0.832. The van der Waals surface area contributed by atoms with Gasteiger partial charge in [-0.15, -0.1) is 11.8 Å². The minimum Gasteiger partial charge on any atom is -0.480 e. The second-order valence-corrected chi connectivity index (χ2v) is 5.23. The molecule has 0 bridgehead atoms. The lowest BCUT2D eigenvalue weighted by molar-refractivity contribution is -0.148.